The number of hydrazine groups is 1. The zero-order valence-corrected chi connectivity index (χ0v) is 18.7. The summed E-state index contributed by atoms with van der Waals surface area (Å²) in [5.41, 5.74) is 7.10. The first kappa shape index (κ1) is 28.1. The molecule has 12 nitrogen and oxygen atoms in total. The topological polar surface area (TPSA) is 181 Å². The molecule has 0 saturated carbocycles. The van der Waals surface area contributed by atoms with Crippen LogP contribution in [0.1, 0.15) is 65.7 Å². The molecular weight excluding hydrogens is 406 g/mol. The number of aliphatic imine (C=N–C) groups is 1. The summed E-state index contributed by atoms with van der Waals surface area (Å²) >= 11 is 0. The van der Waals surface area contributed by atoms with Gasteiger partial charge in [-0.05, 0) is 38.0 Å². The molecule has 0 rings (SSSR count). The minimum absolute atomic E-state index is 0.0793. The second kappa shape index (κ2) is 16.8. The van der Waals surface area contributed by atoms with Crippen LogP contribution in [0.2, 0.25) is 0 Å². The van der Waals surface area contributed by atoms with Gasteiger partial charge in [0.05, 0.1) is 0 Å². The highest BCUT2D eigenvalue weighted by atomic mass is 16.7. The molecule has 0 heterocycles. The molecule has 0 fully saturated rings. The minimum Gasteiger partial charge on any atom is -0.365 e. The second-order valence-electron chi connectivity index (χ2n) is 7.67. The highest BCUT2D eigenvalue weighted by molar-refractivity contribution is 5.87. The van der Waals surface area contributed by atoms with Gasteiger partial charge in [-0.3, -0.25) is 14.4 Å². The van der Waals surface area contributed by atoms with Gasteiger partial charge in [-0.15, -0.1) is 0 Å². The molecule has 0 saturated heterocycles. The van der Waals surface area contributed by atoms with E-state index in [0.29, 0.717) is 38.3 Å². The van der Waals surface area contributed by atoms with Crippen LogP contribution in [0.15, 0.2) is 4.99 Å². The van der Waals surface area contributed by atoms with E-state index in [9.17, 15) is 24.5 Å². The maximum Gasteiger partial charge on any atom is 0.251 e. The molecule has 0 aliphatic heterocycles. The Balaban J connectivity index is 4.51. The number of nitrogens with two attached hydrogens (primary N) is 1. The number of nitrogens with zero attached hydrogens (tertiary/aromatic N) is 2. The fourth-order valence-corrected chi connectivity index (χ4v) is 2.62. The SMILES string of the molecule is CC(=O)NCCCCCC(=O)N[C@@H](CCCN=C(N)N[N+](=O)[O-])C(=O)NCCC(C)C. The molecule has 0 bridgehead atoms. The van der Waals surface area contributed by atoms with E-state index in [1.54, 1.807) is 5.43 Å². The summed E-state index contributed by atoms with van der Waals surface area (Å²) in [5, 5.41) is 17.8. The van der Waals surface area contributed by atoms with E-state index in [2.05, 4.69) is 34.8 Å². The molecule has 0 aromatic heterocycles. The van der Waals surface area contributed by atoms with Gasteiger partial charge in [0.25, 0.3) is 5.96 Å². The molecule has 0 radical (unpaired) electrons. The van der Waals surface area contributed by atoms with Gasteiger partial charge in [-0.2, -0.15) is 0 Å². The van der Waals surface area contributed by atoms with Crippen LogP contribution in [-0.2, 0) is 14.4 Å². The smallest absolute Gasteiger partial charge is 0.251 e. The Morgan fingerprint density at radius 1 is 1.03 bits per heavy atom. The molecule has 0 aromatic carbocycles. The molecule has 3 amide bonds. The molecule has 12 heteroatoms. The number of rotatable bonds is 16. The lowest BCUT2D eigenvalue weighted by atomic mass is 10.1. The molecule has 178 valence electrons. The molecule has 6 N–H and O–H groups in total. The quantitative estimate of drug-likeness (QED) is 0.0742. The summed E-state index contributed by atoms with van der Waals surface area (Å²) in [5.74, 6) is -0.436. The number of unbranched alkanes of at least 4 members (excludes halogenated alkanes) is 2. The molecule has 0 spiro atoms. The van der Waals surface area contributed by atoms with Gasteiger partial charge >= 0.3 is 0 Å². The van der Waals surface area contributed by atoms with Crippen molar-refractivity contribution >= 4 is 23.7 Å². The number of nitro groups is 1. The van der Waals surface area contributed by atoms with Gasteiger partial charge in [-0.25, -0.2) is 15.1 Å². The number of nitrogens with one attached hydrogen (secondary N) is 4. The average molecular weight is 444 g/mol. The van der Waals surface area contributed by atoms with Crippen molar-refractivity contribution in [2.75, 3.05) is 19.6 Å². The fraction of sp³-hybridized carbons (Fsp3) is 0.789. The van der Waals surface area contributed by atoms with Crippen LogP contribution in [0.25, 0.3) is 0 Å². The summed E-state index contributed by atoms with van der Waals surface area (Å²) in [4.78, 5) is 49.7. The summed E-state index contributed by atoms with van der Waals surface area (Å²) in [7, 11) is 0. The Hall–Kier alpha value is -2.92. The summed E-state index contributed by atoms with van der Waals surface area (Å²) in [6, 6.07) is -0.709. The summed E-state index contributed by atoms with van der Waals surface area (Å²) in [6.07, 6.45) is 4.08. The maximum atomic E-state index is 12.5. The number of amides is 3. The van der Waals surface area contributed by atoms with E-state index in [-0.39, 0.29) is 36.6 Å². The Labute approximate surface area is 183 Å². The summed E-state index contributed by atoms with van der Waals surface area (Å²) in [6.45, 7) is 6.84. The predicted molar refractivity (Wildman–Crippen MR) is 117 cm³/mol. The molecule has 1 atom stereocenters. The third-order valence-electron chi connectivity index (χ3n) is 4.27. The minimum atomic E-state index is -0.805. The van der Waals surface area contributed by atoms with E-state index in [1.807, 2.05) is 0 Å². The number of hydrogen-bond acceptors (Lipinski definition) is 6. The lowest BCUT2D eigenvalue weighted by Crippen LogP contribution is -2.47. The van der Waals surface area contributed by atoms with Crippen LogP contribution >= 0.6 is 0 Å². The lowest BCUT2D eigenvalue weighted by molar-refractivity contribution is -0.525. The monoisotopic (exact) mass is 443 g/mol. The Bertz CT molecular complexity index is 610. The highest BCUT2D eigenvalue weighted by Crippen LogP contribution is 2.04. The first-order valence-corrected chi connectivity index (χ1v) is 10.6. The highest BCUT2D eigenvalue weighted by Gasteiger charge is 2.20. The Kier molecular flexibility index (Phi) is 15.2. The molecule has 0 aliphatic carbocycles. The van der Waals surface area contributed by atoms with Gasteiger partial charge in [0, 0.05) is 33.0 Å². The van der Waals surface area contributed by atoms with Crippen molar-refractivity contribution in [2.24, 2.45) is 16.6 Å². The molecule has 0 aromatic rings. The zero-order valence-electron chi connectivity index (χ0n) is 18.7. The fourth-order valence-electron chi connectivity index (χ4n) is 2.62. The van der Waals surface area contributed by atoms with Crippen molar-refractivity contribution in [1.29, 1.82) is 0 Å². The van der Waals surface area contributed by atoms with Crippen molar-refractivity contribution < 1.29 is 19.4 Å². The normalized spacial score (nSPS) is 12.2. The number of carbonyl (C=O) groups is 3. The van der Waals surface area contributed by atoms with E-state index >= 15 is 0 Å². The van der Waals surface area contributed by atoms with E-state index < -0.39 is 11.1 Å². The van der Waals surface area contributed by atoms with E-state index in [4.69, 9.17) is 5.73 Å². The molecule has 0 aliphatic rings. The van der Waals surface area contributed by atoms with Crippen molar-refractivity contribution in [3.8, 4) is 0 Å². The average Bonchev–Trinajstić information content (AvgIpc) is 2.65. The second-order valence-corrected chi connectivity index (χ2v) is 7.67. The van der Waals surface area contributed by atoms with Gasteiger partial charge in [0.15, 0.2) is 5.03 Å². The van der Waals surface area contributed by atoms with Crippen LogP contribution in [0, 0.1) is 16.0 Å². The van der Waals surface area contributed by atoms with Gasteiger partial charge in [-0.1, -0.05) is 25.7 Å². The van der Waals surface area contributed by atoms with Crippen LogP contribution in [0.5, 0.6) is 0 Å². The van der Waals surface area contributed by atoms with Crippen molar-refractivity contribution in [3.05, 3.63) is 10.1 Å². The zero-order chi connectivity index (χ0) is 23.6. The predicted octanol–water partition coefficient (Wildman–Crippen LogP) is 0.206. The number of hydrogen-bond donors (Lipinski definition) is 5. The van der Waals surface area contributed by atoms with Crippen LogP contribution < -0.4 is 27.1 Å². The largest absolute Gasteiger partial charge is 0.365 e. The number of carbonyl (C=O) groups excluding carboxylic acids is 3. The van der Waals surface area contributed by atoms with Gasteiger partial charge in [0.2, 0.25) is 17.7 Å². The van der Waals surface area contributed by atoms with E-state index in [0.717, 1.165) is 19.3 Å². The molecule has 31 heavy (non-hydrogen) atoms. The van der Waals surface area contributed by atoms with Gasteiger partial charge < -0.3 is 21.7 Å². The first-order valence-electron chi connectivity index (χ1n) is 10.6. The van der Waals surface area contributed by atoms with Gasteiger partial charge in [0.1, 0.15) is 6.04 Å². The third kappa shape index (κ3) is 17.6. The standard InChI is InChI=1S/C19H37N7O5/c1-14(2)10-13-22-18(29)16(8-7-12-23-19(20)25-26(30)31)24-17(28)9-5-4-6-11-21-15(3)27/h14,16H,4-13H2,1-3H3,(H,21,27)(H,22,29)(H,24,28)(H3,20,23,25)/t16-/m0/s1. The Morgan fingerprint density at radius 2 is 1.74 bits per heavy atom. The summed E-state index contributed by atoms with van der Waals surface area (Å²) < 4.78 is 0. The van der Waals surface area contributed by atoms with E-state index in [1.165, 1.54) is 6.92 Å². The third-order valence-corrected chi connectivity index (χ3v) is 4.27. The Morgan fingerprint density at radius 3 is 2.35 bits per heavy atom. The number of guanidine groups is 1. The van der Waals surface area contributed by atoms with Crippen LogP contribution in [0.4, 0.5) is 0 Å². The van der Waals surface area contributed by atoms with Crippen molar-refractivity contribution in [2.45, 2.75) is 71.8 Å². The lowest BCUT2D eigenvalue weighted by Gasteiger charge is -2.19. The maximum absolute atomic E-state index is 12.5. The van der Waals surface area contributed by atoms with Crippen molar-refractivity contribution in [1.82, 2.24) is 21.4 Å². The van der Waals surface area contributed by atoms with Crippen molar-refractivity contribution in [3.63, 3.8) is 0 Å². The van der Waals surface area contributed by atoms with Crippen LogP contribution in [0.3, 0.4) is 0 Å². The van der Waals surface area contributed by atoms with Crippen LogP contribution in [-0.4, -0.2) is 54.4 Å². The molecular formula is C19H37N7O5. The first-order chi connectivity index (χ1) is 14.6. The molecule has 0 unspecified atom stereocenters.